The van der Waals surface area contributed by atoms with E-state index in [-0.39, 0.29) is 11.6 Å². The van der Waals surface area contributed by atoms with Gasteiger partial charge in [-0.05, 0) is 88.3 Å². The van der Waals surface area contributed by atoms with Crippen LogP contribution >= 0.6 is 0 Å². The number of fused-ring (bicyclic) bond motifs is 6. The molecule has 0 unspecified atom stereocenters. The maximum absolute atomic E-state index is 14.8. The highest BCUT2D eigenvalue weighted by Crippen LogP contribution is 2.40. The lowest BCUT2D eigenvalue weighted by molar-refractivity contribution is 0.621. The topological polar surface area (TPSA) is 4.93 Å². The quantitative estimate of drug-likeness (QED) is 0.253. The SMILES string of the molecule is Fc1ccc2c(c1)c1cc(-c3ccc4c(c3)-c3ccccc3C4)ccc1n2-c1ccccc1F. The van der Waals surface area contributed by atoms with Crippen molar-refractivity contribution in [3.8, 4) is 27.9 Å². The smallest absolute Gasteiger partial charge is 0.147 e. The van der Waals surface area contributed by atoms with Gasteiger partial charge in [-0.3, -0.25) is 0 Å². The summed E-state index contributed by atoms with van der Waals surface area (Å²) in [5.74, 6) is -0.619. The van der Waals surface area contributed by atoms with Gasteiger partial charge in [0.25, 0.3) is 0 Å². The Morgan fingerprint density at radius 1 is 0.559 bits per heavy atom. The lowest BCUT2D eigenvalue weighted by atomic mass is 9.97. The van der Waals surface area contributed by atoms with Crippen molar-refractivity contribution >= 4 is 21.8 Å². The Balaban J connectivity index is 1.47. The molecule has 0 saturated carbocycles. The van der Waals surface area contributed by atoms with E-state index in [1.807, 2.05) is 16.7 Å². The number of benzene rings is 5. The zero-order chi connectivity index (χ0) is 22.8. The molecule has 1 aliphatic rings. The standard InChI is InChI=1S/C31H19F2N/c32-23-12-14-30-27(18-23)26-17-20(11-13-29(26)34(30)31-8-4-3-7-28(31)33)19-9-10-22-15-21-5-1-2-6-24(21)25(22)16-19/h1-14,16-18H,15H2. The zero-order valence-corrected chi connectivity index (χ0v) is 18.2. The Morgan fingerprint density at radius 3 is 2.12 bits per heavy atom. The molecule has 0 atom stereocenters. The molecule has 7 rings (SSSR count). The summed E-state index contributed by atoms with van der Waals surface area (Å²) >= 11 is 0. The highest BCUT2D eigenvalue weighted by atomic mass is 19.1. The molecule has 0 N–H and O–H groups in total. The number of para-hydroxylation sites is 1. The highest BCUT2D eigenvalue weighted by Gasteiger charge is 2.19. The lowest BCUT2D eigenvalue weighted by Gasteiger charge is -2.10. The predicted molar refractivity (Wildman–Crippen MR) is 134 cm³/mol. The van der Waals surface area contributed by atoms with Crippen molar-refractivity contribution in [1.29, 1.82) is 0 Å². The van der Waals surface area contributed by atoms with Crippen molar-refractivity contribution in [2.75, 3.05) is 0 Å². The number of rotatable bonds is 2. The normalized spacial score (nSPS) is 12.3. The van der Waals surface area contributed by atoms with Crippen LogP contribution in [0.3, 0.4) is 0 Å². The van der Waals surface area contributed by atoms with Gasteiger partial charge < -0.3 is 4.57 Å². The molecule has 34 heavy (non-hydrogen) atoms. The van der Waals surface area contributed by atoms with Gasteiger partial charge in [-0.1, -0.05) is 54.6 Å². The van der Waals surface area contributed by atoms with Gasteiger partial charge in [-0.25, -0.2) is 8.78 Å². The van der Waals surface area contributed by atoms with E-state index in [0.29, 0.717) is 5.69 Å². The summed E-state index contributed by atoms with van der Waals surface area (Å²) in [5.41, 5.74) is 9.50. The molecular formula is C31H19F2N. The Hall–Kier alpha value is -4.24. The molecule has 0 bridgehead atoms. The van der Waals surface area contributed by atoms with Crippen LogP contribution in [0.2, 0.25) is 0 Å². The van der Waals surface area contributed by atoms with E-state index < -0.39 is 0 Å². The Labute approximate surface area is 195 Å². The van der Waals surface area contributed by atoms with Crippen LogP contribution in [0.15, 0.2) is 103 Å². The van der Waals surface area contributed by atoms with Crippen molar-refractivity contribution in [2.24, 2.45) is 0 Å². The number of nitrogens with zero attached hydrogens (tertiary/aromatic N) is 1. The van der Waals surface area contributed by atoms with Crippen LogP contribution in [-0.4, -0.2) is 4.57 Å². The van der Waals surface area contributed by atoms with Crippen molar-refractivity contribution in [3.05, 3.63) is 126 Å². The second-order valence-corrected chi connectivity index (χ2v) is 8.89. The maximum atomic E-state index is 14.8. The van der Waals surface area contributed by atoms with Crippen LogP contribution in [0.25, 0.3) is 49.7 Å². The van der Waals surface area contributed by atoms with Gasteiger partial charge in [-0.15, -0.1) is 0 Å². The molecule has 0 saturated heterocycles. The van der Waals surface area contributed by atoms with Gasteiger partial charge in [0.05, 0.1) is 16.7 Å². The summed E-state index contributed by atoms with van der Waals surface area (Å²) in [6, 6.07) is 32.7. The summed E-state index contributed by atoms with van der Waals surface area (Å²) in [5, 5.41) is 1.67. The van der Waals surface area contributed by atoms with Crippen LogP contribution in [0.4, 0.5) is 8.78 Å². The first-order valence-corrected chi connectivity index (χ1v) is 11.4. The van der Waals surface area contributed by atoms with E-state index >= 15 is 0 Å². The first-order valence-electron chi connectivity index (χ1n) is 11.4. The van der Waals surface area contributed by atoms with E-state index in [4.69, 9.17) is 0 Å². The Morgan fingerprint density at radius 2 is 1.24 bits per heavy atom. The minimum atomic E-state index is -0.313. The number of halogens is 2. The van der Waals surface area contributed by atoms with E-state index in [9.17, 15) is 8.78 Å². The number of hydrogen-bond acceptors (Lipinski definition) is 0. The minimum absolute atomic E-state index is 0.306. The largest absolute Gasteiger partial charge is 0.306 e. The molecule has 1 heterocycles. The van der Waals surface area contributed by atoms with E-state index in [0.717, 1.165) is 39.4 Å². The fourth-order valence-electron chi connectivity index (χ4n) is 5.37. The molecule has 6 aromatic rings. The zero-order valence-electron chi connectivity index (χ0n) is 18.2. The molecule has 0 radical (unpaired) electrons. The minimum Gasteiger partial charge on any atom is -0.306 e. The summed E-state index contributed by atoms with van der Waals surface area (Å²) in [4.78, 5) is 0. The maximum Gasteiger partial charge on any atom is 0.147 e. The average molecular weight is 443 g/mol. The van der Waals surface area contributed by atoms with Crippen LogP contribution in [0, 0.1) is 11.6 Å². The fourth-order valence-corrected chi connectivity index (χ4v) is 5.37. The van der Waals surface area contributed by atoms with Gasteiger partial charge in [0.15, 0.2) is 0 Å². The van der Waals surface area contributed by atoms with Crippen molar-refractivity contribution in [3.63, 3.8) is 0 Å². The van der Waals surface area contributed by atoms with E-state index in [1.54, 1.807) is 18.2 Å². The van der Waals surface area contributed by atoms with Crippen LogP contribution in [-0.2, 0) is 6.42 Å². The van der Waals surface area contributed by atoms with Gasteiger partial charge in [0.2, 0.25) is 0 Å². The summed E-state index contributed by atoms with van der Waals surface area (Å²) in [7, 11) is 0. The van der Waals surface area contributed by atoms with Crippen molar-refractivity contribution in [1.82, 2.24) is 4.57 Å². The van der Waals surface area contributed by atoms with Crippen molar-refractivity contribution < 1.29 is 8.78 Å². The lowest BCUT2D eigenvalue weighted by Crippen LogP contribution is -1.97. The third-order valence-corrected chi connectivity index (χ3v) is 6.95. The molecule has 1 aromatic heterocycles. The van der Waals surface area contributed by atoms with Gasteiger partial charge in [-0.2, -0.15) is 0 Å². The molecule has 1 nitrogen and oxygen atoms in total. The van der Waals surface area contributed by atoms with Gasteiger partial charge >= 0.3 is 0 Å². The highest BCUT2D eigenvalue weighted by molar-refractivity contribution is 6.10. The number of hydrogen-bond donors (Lipinski definition) is 0. The molecule has 0 aliphatic heterocycles. The van der Waals surface area contributed by atoms with E-state index in [1.165, 1.54) is 40.5 Å². The Kier molecular flexibility index (Phi) is 4.04. The van der Waals surface area contributed by atoms with Crippen LogP contribution in [0.5, 0.6) is 0 Å². The molecule has 1 aliphatic carbocycles. The summed E-state index contributed by atoms with van der Waals surface area (Å²) in [6.07, 6.45) is 0.959. The second-order valence-electron chi connectivity index (χ2n) is 8.89. The monoisotopic (exact) mass is 443 g/mol. The van der Waals surface area contributed by atoms with Crippen molar-refractivity contribution in [2.45, 2.75) is 6.42 Å². The molecule has 162 valence electrons. The van der Waals surface area contributed by atoms with Gasteiger partial charge in [0, 0.05) is 10.8 Å². The number of aromatic nitrogens is 1. The molecule has 0 amide bonds. The first kappa shape index (κ1) is 19.2. The first-order chi connectivity index (χ1) is 16.7. The van der Waals surface area contributed by atoms with E-state index in [2.05, 4.69) is 54.6 Å². The molecule has 0 spiro atoms. The molecule has 5 aromatic carbocycles. The second kappa shape index (κ2) is 7.13. The van der Waals surface area contributed by atoms with Crippen LogP contribution in [0.1, 0.15) is 11.1 Å². The third kappa shape index (κ3) is 2.77. The molecule has 3 heteroatoms. The summed E-state index contributed by atoms with van der Waals surface area (Å²) in [6.45, 7) is 0. The predicted octanol–water partition coefficient (Wildman–Crippen LogP) is 8.30. The molecule has 0 fully saturated rings. The molecular weight excluding hydrogens is 424 g/mol. The Bertz CT molecular complexity index is 1760. The van der Waals surface area contributed by atoms with Gasteiger partial charge in [0.1, 0.15) is 11.6 Å². The summed E-state index contributed by atoms with van der Waals surface area (Å²) < 4.78 is 30.9. The average Bonchev–Trinajstić information content (AvgIpc) is 3.39. The van der Waals surface area contributed by atoms with Crippen LogP contribution < -0.4 is 0 Å². The third-order valence-electron chi connectivity index (χ3n) is 6.95. The fraction of sp³-hybridized carbons (Fsp3) is 0.0323.